The smallest absolute Gasteiger partial charge is 0.306 e. The Labute approximate surface area is 341 Å². The van der Waals surface area contributed by atoms with Crippen LogP contribution in [0.3, 0.4) is 0 Å². The van der Waals surface area contributed by atoms with Crippen molar-refractivity contribution in [2.45, 2.75) is 245 Å². The molecule has 5 nitrogen and oxygen atoms in total. The predicted octanol–water partition coefficient (Wildman–Crippen LogP) is 15.4. The Balaban J connectivity index is 3.52. The van der Waals surface area contributed by atoms with Crippen molar-refractivity contribution < 1.29 is 24.2 Å². The van der Waals surface area contributed by atoms with Crippen molar-refractivity contribution in [2.75, 3.05) is 13.2 Å². The molecule has 0 saturated carbocycles. The number of aliphatic hydroxyl groups excluding tert-OH is 1. The number of esters is 2. The summed E-state index contributed by atoms with van der Waals surface area (Å²) >= 11 is 0. The highest BCUT2D eigenvalue weighted by atomic mass is 16.6. The van der Waals surface area contributed by atoms with E-state index in [1.165, 1.54) is 154 Å². The lowest BCUT2D eigenvalue weighted by Gasteiger charge is -2.15. The van der Waals surface area contributed by atoms with E-state index in [-0.39, 0.29) is 25.2 Å². The van der Waals surface area contributed by atoms with E-state index in [1.54, 1.807) is 0 Å². The van der Waals surface area contributed by atoms with Crippen LogP contribution in [0.1, 0.15) is 239 Å². The van der Waals surface area contributed by atoms with E-state index in [2.05, 4.69) is 62.5 Å². The first-order valence-corrected chi connectivity index (χ1v) is 23.7. The number of unbranched alkanes of at least 4 members (excludes halogenated alkanes) is 27. The molecule has 1 atom stereocenters. The molecule has 0 fully saturated rings. The Morgan fingerprint density at radius 3 is 1.09 bits per heavy atom. The van der Waals surface area contributed by atoms with Gasteiger partial charge in [0.1, 0.15) is 6.61 Å². The van der Waals surface area contributed by atoms with Gasteiger partial charge in [0, 0.05) is 12.8 Å². The van der Waals surface area contributed by atoms with Crippen LogP contribution in [0, 0.1) is 0 Å². The molecule has 0 aliphatic heterocycles. The summed E-state index contributed by atoms with van der Waals surface area (Å²) in [4.78, 5) is 24.4. The predicted molar refractivity (Wildman–Crippen MR) is 237 cm³/mol. The first-order valence-electron chi connectivity index (χ1n) is 23.7. The first kappa shape index (κ1) is 52.9. The highest BCUT2D eigenvalue weighted by Crippen LogP contribution is 2.14. The summed E-state index contributed by atoms with van der Waals surface area (Å²) in [5.41, 5.74) is 0. The molecule has 5 heteroatoms. The minimum absolute atomic E-state index is 0.0703. The fourth-order valence-corrected chi connectivity index (χ4v) is 6.73. The Morgan fingerprint density at radius 1 is 0.418 bits per heavy atom. The number of carbonyl (C=O) groups is 2. The third-order valence-electron chi connectivity index (χ3n) is 10.3. The number of hydrogen-bond donors (Lipinski definition) is 1. The van der Waals surface area contributed by atoms with Gasteiger partial charge in [0.05, 0.1) is 6.61 Å². The number of ether oxygens (including phenoxy) is 2. The molecule has 0 heterocycles. The van der Waals surface area contributed by atoms with Gasteiger partial charge in [-0.25, -0.2) is 0 Å². The van der Waals surface area contributed by atoms with E-state index in [1.807, 2.05) is 0 Å². The topological polar surface area (TPSA) is 72.8 Å². The van der Waals surface area contributed by atoms with Gasteiger partial charge in [0.15, 0.2) is 6.10 Å². The molecule has 0 bridgehead atoms. The van der Waals surface area contributed by atoms with Crippen LogP contribution < -0.4 is 0 Å². The van der Waals surface area contributed by atoms with Crippen LogP contribution in [0.4, 0.5) is 0 Å². The van der Waals surface area contributed by atoms with Crippen molar-refractivity contribution in [2.24, 2.45) is 0 Å². The van der Waals surface area contributed by atoms with Crippen LogP contribution in [0.5, 0.6) is 0 Å². The molecule has 0 saturated heterocycles. The largest absolute Gasteiger partial charge is 0.462 e. The van der Waals surface area contributed by atoms with Gasteiger partial charge in [-0.3, -0.25) is 9.59 Å². The number of carbonyl (C=O) groups excluding carboxylic acids is 2. The molecule has 0 amide bonds. The van der Waals surface area contributed by atoms with E-state index >= 15 is 0 Å². The average Bonchev–Trinajstić information content (AvgIpc) is 3.19. The van der Waals surface area contributed by atoms with Gasteiger partial charge < -0.3 is 14.6 Å². The molecule has 0 radical (unpaired) electrons. The number of rotatable bonds is 43. The minimum Gasteiger partial charge on any atom is -0.462 e. The molecule has 0 rings (SSSR count). The maximum atomic E-state index is 12.2. The molecule has 0 aliphatic rings. The van der Waals surface area contributed by atoms with Crippen LogP contribution in [0.15, 0.2) is 48.6 Å². The third-order valence-corrected chi connectivity index (χ3v) is 10.3. The summed E-state index contributed by atoms with van der Waals surface area (Å²) in [6.45, 7) is 4.12. The summed E-state index contributed by atoms with van der Waals surface area (Å²) < 4.78 is 10.7. The molecular formula is C50H90O5. The van der Waals surface area contributed by atoms with Gasteiger partial charge in [-0.2, -0.15) is 0 Å². The van der Waals surface area contributed by atoms with Crippen LogP contribution in [-0.4, -0.2) is 36.4 Å². The van der Waals surface area contributed by atoms with Gasteiger partial charge in [-0.15, -0.1) is 0 Å². The number of hydrogen-bond acceptors (Lipinski definition) is 5. The van der Waals surface area contributed by atoms with Crippen molar-refractivity contribution in [1.82, 2.24) is 0 Å². The lowest BCUT2D eigenvalue weighted by molar-refractivity contribution is -0.161. The van der Waals surface area contributed by atoms with Crippen molar-refractivity contribution in [3.8, 4) is 0 Å². The van der Waals surface area contributed by atoms with Crippen LogP contribution in [0.2, 0.25) is 0 Å². The highest BCUT2D eigenvalue weighted by molar-refractivity contribution is 5.70. The second-order valence-corrected chi connectivity index (χ2v) is 15.8. The van der Waals surface area contributed by atoms with Gasteiger partial charge in [-0.05, 0) is 77.0 Å². The normalized spacial score (nSPS) is 12.6. The zero-order chi connectivity index (χ0) is 40.0. The molecule has 0 aromatic carbocycles. The molecule has 1 N–H and O–H groups in total. The summed E-state index contributed by atoms with van der Waals surface area (Å²) in [6, 6.07) is 0. The van der Waals surface area contributed by atoms with Crippen LogP contribution in [-0.2, 0) is 19.1 Å². The van der Waals surface area contributed by atoms with Gasteiger partial charge >= 0.3 is 11.9 Å². The minimum atomic E-state index is -0.776. The van der Waals surface area contributed by atoms with Gasteiger partial charge in [0.25, 0.3) is 0 Å². The summed E-state index contributed by atoms with van der Waals surface area (Å²) in [5.74, 6) is -0.597. The molecule has 0 aliphatic carbocycles. The van der Waals surface area contributed by atoms with Gasteiger partial charge in [-0.1, -0.05) is 197 Å². The van der Waals surface area contributed by atoms with E-state index in [9.17, 15) is 14.7 Å². The van der Waals surface area contributed by atoms with Crippen molar-refractivity contribution in [1.29, 1.82) is 0 Å². The number of aliphatic hydroxyl groups is 1. The second kappa shape index (κ2) is 46.2. The highest BCUT2D eigenvalue weighted by Gasteiger charge is 2.16. The third kappa shape index (κ3) is 44.4. The fourth-order valence-electron chi connectivity index (χ4n) is 6.73. The maximum absolute atomic E-state index is 12.2. The monoisotopic (exact) mass is 771 g/mol. The Hall–Kier alpha value is -2.14. The standard InChI is InChI=1S/C50H90O5/c1-3-5-7-9-11-13-15-17-19-21-23-24-25-26-27-29-31-33-35-37-39-41-43-45-50(53)55-48(46-51)47-54-49(52)44-42-40-38-36-34-32-30-28-22-20-18-16-14-12-10-8-6-4-2/h14-17,20-23,48,51H,3-13,18-19,24-47H2,1-2H3/b16-14-,17-15-,22-20-,23-21-. The Bertz CT molecular complexity index is 919. The molecule has 0 aromatic rings. The molecule has 320 valence electrons. The lowest BCUT2D eigenvalue weighted by atomic mass is 10.0. The molecule has 1 unspecified atom stereocenters. The summed E-state index contributed by atoms with van der Waals surface area (Å²) in [6.07, 6.45) is 59.0. The summed E-state index contributed by atoms with van der Waals surface area (Å²) in [7, 11) is 0. The number of allylic oxidation sites excluding steroid dienone is 8. The van der Waals surface area contributed by atoms with E-state index in [4.69, 9.17) is 9.47 Å². The summed E-state index contributed by atoms with van der Waals surface area (Å²) in [5, 5.41) is 9.60. The quantitative estimate of drug-likeness (QED) is 0.0380. The Kier molecular flexibility index (Phi) is 44.4. The lowest BCUT2D eigenvalue weighted by Crippen LogP contribution is -2.28. The van der Waals surface area contributed by atoms with Crippen molar-refractivity contribution >= 4 is 11.9 Å². The van der Waals surface area contributed by atoms with Crippen LogP contribution in [0.25, 0.3) is 0 Å². The SMILES string of the molecule is CCCCCC/C=C\C/C=C\CCCCCCCCCC(=O)OCC(CO)OC(=O)CCCCCCCCCCCCC/C=C\C/C=C\CCCCCCC. The second-order valence-electron chi connectivity index (χ2n) is 15.8. The van der Waals surface area contributed by atoms with E-state index in [0.29, 0.717) is 12.8 Å². The van der Waals surface area contributed by atoms with Gasteiger partial charge in [0.2, 0.25) is 0 Å². The molecule has 55 heavy (non-hydrogen) atoms. The zero-order valence-corrected chi connectivity index (χ0v) is 36.4. The van der Waals surface area contributed by atoms with Crippen molar-refractivity contribution in [3.63, 3.8) is 0 Å². The van der Waals surface area contributed by atoms with E-state index in [0.717, 1.165) is 57.8 Å². The zero-order valence-electron chi connectivity index (χ0n) is 36.4. The fraction of sp³-hybridized carbons (Fsp3) is 0.800. The molecule has 0 spiro atoms. The first-order chi connectivity index (χ1) is 27.1. The van der Waals surface area contributed by atoms with Crippen molar-refractivity contribution in [3.05, 3.63) is 48.6 Å². The Morgan fingerprint density at radius 2 is 0.727 bits per heavy atom. The van der Waals surface area contributed by atoms with Crippen LogP contribution >= 0.6 is 0 Å². The molecule has 0 aromatic heterocycles. The van der Waals surface area contributed by atoms with E-state index < -0.39 is 6.10 Å². The maximum Gasteiger partial charge on any atom is 0.306 e. The average molecular weight is 771 g/mol. The molecular weight excluding hydrogens is 681 g/mol.